The minimum atomic E-state index is -0.332. The molecule has 0 aromatic rings. The standard InChI is InChI=1S/C13H25N3O2/c1-3-5-9-15(8-4-2)12(17)13(18)16-10-6-14-7-11-16/h14H,3-11H2,1-2H3. The Balaban J connectivity index is 2.54. The maximum absolute atomic E-state index is 12.2. The van der Waals surface area contributed by atoms with Gasteiger partial charge in [0.05, 0.1) is 0 Å². The van der Waals surface area contributed by atoms with Crippen LogP contribution in [-0.2, 0) is 9.59 Å². The summed E-state index contributed by atoms with van der Waals surface area (Å²) >= 11 is 0. The minimum absolute atomic E-state index is 0.327. The van der Waals surface area contributed by atoms with E-state index in [9.17, 15) is 9.59 Å². The van der Waals surface area contributed by atoms with Gasteiger partial charge in [-0.25, -0.2) is 0 Å². The minimum Gasteiger partial charge on any atom is -0.334 e. The Labute approximate surface area is 110 Å². The van der Waals surface area contributed by atoms with Crippen LogP contribution in [0, 0.1) is 0 Å². The number of piperazine rings is 1. The summed E-state index contributed by atoms with van der Waals surface area (Å²) in [6.07, 6.45) is 2.89. The fourth-order valence-corrected chi connectivity index (χ4v) is 2.07. The summed E-state index contributed by atoms with van der Waals surface area (Å²) in [6.45, 7) is 8.33. The molecule has 0 spiro atoms. The van der Waals surface area contributed by atoms with Gasteiger partial charge in [0.2, 0.25) is 0 Å². The average molecular weight is 255 g/mol. The van der Waals surface area contributed by atoms with Crippen molar-refractivity contribution in [2.45, 2.75) is 33.1 Å². The number of rotatable bonds is 5. The first kappa shape index (κ1) is 15.0. The molecule has 0 unspecified atom stereocenters. The van der Waals surface area contributed by atoms with E-state index < -0.39 is 0 Å². The molecule has 0 aromatic carbocycles. The number of carbonyl (C=O) groups is 2. The summed E-state index contributed by atoms with van der Waals surface area (Å²) in [4.78, 5) is 27.6. The number of hydrogen-bond acceptors (Lipinski definition) is 3. The molecule has 0 aromatic heterocycles. The zero-order valence-electron chi connectivity index (χ0n) is 11.6. The summed E-state index contributed by atoms with van der Waals surface area (Å²) in [7, 11) is 0. The third-order valence-corrected chi connectivity index (χ3v) is 3.15. The molecule has 2 amide bonds. The van der Waals surface area contributed by atoms with Gasteiger partial charge >= 0.3 is 11.8 Å². The van der Waals surface area contributed by atoms with Gasteiger partial charge in [-0.2, -0.15) is 0 Å². The second-order valence-corrected chi connectivity index (χ2v) is 4.69. The lowest BCUT2D eigenvalue weighted by Crippen LogP contribution is -2.52. The highest BCUT2D eigenvalue weighted by Gasteiger charge is 2.27. The van der Waals surface area contributed by atoms with Gasteiger partial charge in [0, 0.05) is 39.3 Å². The molecule has 5 heteroatoms. The van der Waals surface area contributed by atoms with Gasteiger partial charge in [-0.15, -0.1) is 0 Å². The van der Waals surface area contributed by atoms with Crippen LogP contribution in [0.4, 0.5) is 0 Å². The third-order valence-electron chi connectivity index (χ3n) is 3.15. The van der Waals surface area contributed by atoms with Gasteiger partial charge in [-0.3, -0.25) is 9.59 Å². The lowest BCUT2D eigenvalue weighted by atomic mass is 10.2. The Morgan fingerprint density at radius 3 is 2.33 bits per heavy atom. The summed E-state index contributed by atoms with van der Waals surface area (Å²) in [6, 6.07) is 0. The van der Waals surface area contributed by atoms with Crippen LogP contribution in [0.1, 0.15) is 33.1 Å². The Bertz CT molecular complexity index is 275. The summed E-state index contributed by atoms with van der Waals surface area (Å²) in [5.41, 5.74) is 0. The highest BCUT2D eigenvalue weighted by molar-refractivity contribution is 6.34. The zero-order chi connectivity index (χ0) is 13.4. The average Bonchev–Trinajstić information content (AvgIpc) is 2.43. The van der Waals surface area contributed by atoms with Crippen LogP contribution in [0.2, 0.25) is 0 Å². The molecule has 1 N–H and O–H groups in total. The topological polar surface area (TPSA) is 52.7 Å². The molecule has 18 heavy (non-hydrogen) atoms. The molecular formula is C13H25N3O2. The van der Waals surface area contributed by atoms with Crippen LogP contribution < -0.4 is 5.32 Å². The number of nitrogens with zero attached hydrogens (tertiary/aromatic N) is 2. The van der Waals surface area contributed by atoms with Crippen molar-refractivity contribution >= 4 is 11.8 Å². The van der Waals surface area contributed by atoms with Gasteiger partial charge in [0.1, 0.15) is 0 Å². The molecule has 5 nitrogen and oxygen atoms in total. The Morgan fingerprint density at radius 1 is 1.11 bits per heavy atom. The van der Waals surface area contributed by atoms with E-state index in [1.165, 1.54) is 0 Å². The van der Waals surface area contributed by atoms with Crippen molar-refractivity contribution in [3.05, 3.63) is 0 Å². The fraction of sp³-hybridized carbons (Fsp3) is 0.846. The normalized spacial score (nSPS) is 15.6. The van der Waals surface area contributed by atoms with Gasteiger partial charge in [-0.05, 0) is 12.8 Å². The van der Waals surface area contributed by atoms with Crippen molar-refractivity contribution in [2.24, 2.45) is 0 Å². The van der Waals surface area contributed by atoms with E-state index in [4.69, 9.17) is 0 Å². The van der Waals surface area contributed by atoms with E-state index in [0.717, 1.165) is 32.4 Å². The first-order chi connectivity index (χ1) is 8.70. The van der Waals surface area contributed by atoms with Gasteiger partial charge in [0.25, 0.3) is 0 Å². The second kappa shape index (κ2) is 8.08. The first-order valence-electron chi connectivity index (χ1n) is 6.99. The van der Waals surface area contributed by atoms with E-state index in [0.29, 0.717) is 26.2 Å². The largest absolute Gasteiger partial charge is 0.334 e. The van der Waals surface area contributed by atoms with Gasteiger partial charge in [-0.1, -0.05) is 20.3 Å². The molecule has 0 radical (unpaired) electrons. The van der Waals surface area contributed by atoms with Crippen molar-refractivity contribution < 1.29 is 9.59 Å². The number of carbonyl (C=O) groups excluding carboxylic acids is 2. The van der Waals surface area contributed by atoms with E-state index >= 15 is 0 Å². The lowest BCUT2D eigenvalue weighted by Gasteiger charge is -2.29. The molecule has 1 saturated heterocycles. The summed E-state index contributed by atoms with van der Waals surface area (Å²) in [5, 5.41) is 3.18. The molecule has 0 atom stereocenters. The van der Waals surface area contributed by atoms with Crippen molar-refractivity contribution in [2.75, 3.05) is 39.3 Å². The molecule has 0 aliphatic carbocycles. The molecule has 1 aliphatic rings. The van der Waals surface area contributed by atoms with Crippen LogP contribution in [-0.4, -0.2) is 60.9 Å². The Kier molecular flexibility index (Phi) is 6.72. The van der Waals surface area contributed by atoms with Crippen molar-refractivity contribution in [3.63, 3.8) is 0 Å². The van der Waals surface area contributed by atoms with Crippen molar-refractivity contribution in [1.29, 1.82) is 0 Å². The fourth-order valence-electron chi connectivity index (χ4n) is 2.07. The zero-order valence-corrected chi connectivity index (χ0v) is 11.6. The quantitative estimate of drug-likeness (QED) is 0.726. The smallest absolute Gasteiger partial charge is 0.312 e. The maximum Gasteiger partial charge on any atom is 0.312 e. The molecule has 1 rings (SSSR count). The molecule has 104 valence electrons. The highest BCUT2D eigenvalue weighted by Crippen LogP contribution is 2.02. The SMILES string of the molecule is CCCCN(CCC)C(=O)C(=O)N1CCNCC1. The Hall–Kier alpha value is -1.10. The number of hydrogen-bond donors (Lipinski definition) is 1. The van der Waals surface area contributed by atoms with Crippen molar-refractivity contribution in [3.8, 4) is 0 Å². The predicted octanol–water partition coefficient (Wildman–Crippen LogP) is 0.457. The van der Waals surface area contributed by atoms with E-state index in [1.54, 1.807) is 9.80 Å². The highest BCUT2D eigenvalue weighted by atomic mass is 16.2. The molecule has 0 saturated carbocycles. The molecular weight excluding hydrogens is 230 g/mol. The monoisotopic (exact) mass is 255 g/mol. The molecule has 1 aliphatic heterocycles. The van der Waals surface area contributed by atoms with Crippen molar-refractivity contribution in [1.82, 2.24) is 15.1 Å². The number of amides is 2. The Morgan fingerprint density at radius 2 is 1.78 bits per heavy atom. The number of nitrogens with one attached hydrogen (secondary N) is 1. The summed E-state index contributed by atoms with van der Waals surface area (Å²) in [5.74, 6) is -0.659. The summed E-state index contributed by atoms with van der Waals surface area (Å²) < 4.78 is 0. The van der Waals surface area contributed by atoms with Gasteiger partial charge < -0.3 is 15.1 Å². The van der Waals surface area contributed by atoms with Crippen LogP contribution in [0.15, 0.2) is 0 Å². The predicted molar refractivity (Wildman–Crippen MR) is 71.2 cm³/mol. The van der Waals surface area contributed by atoms with Crippen LogP contribution in [0.25, 0.3) is 0 Å². The molecule has 1 fully saturated rings. The van der Waals surface area contributed by atoms with Crippen LogP contribution in [0.3, 0.4) is 0 Å². The van der Waals surface area contributed by atoms with Crippen LogP contribution >= 0.6 is 0 Å². The molecule has 1 heterocycles. The second-order valence-electron chi connectivity index (χ2n) is 4.69. The number of unbranched alkanes of at least 4 members (excludes halogenated alkanes) is 1. The maximum atomic E-state index is 12.2. The van der Waals surface area contributed by atoms with Gasteiger partial charge in [0.15, 0.2) is 0 Å². The third kappa shape index (κ3) is 4.29. The lowest BCUT2D eigenvalue weighted by molar-refractivity contribution is -0.152. The van der Waals surface area contributed by atoms with E-state index in [1.807, 2.05) is 6.92 Å². The van der Waals surface area contributed by atoms with E-state index in [2.05, 4.69) is 12.2 Å². The van der Waals surface area contributed by atoms with Crippen LogP contribution in [0.5, 0.6) is 0 Å². The van der Waals surface area contributed by atoms with E-state index in [-0.39, 0.29) is 11.8 Å². The first-order valence-corrected chi connectivity index (χ1v) is 6.99. The molecule has 0 bridgehead atoms.